The van der Waals surface area contributed by atoms with Gasteiger partial charge in [0.15, 0.2) is 0 Å². The van der Waals surface area contributed by atoms with Gasteiger partial charge in [-0.05, 0) is 55.3 Å². The zero-order chi connectivity index (χ0) is 18.6. The van der Waals surface area contributed by atoms with E-state index in [1.807, 2.05) is 49.4 Å². The molecule has 1 aliphatic rings. The molecule has 1 fully saturated rings. The molecule has 5 nitrogen and oxygen atoms in total. The van der Waals surface area contributed by atoms with Crippen LogP contribution in [0.5, 0.6) is 5.75 Å². The number of carboxylic acids is 1. The summed E-state index contributed by atoms with van der Waals surface area (Å²) in [5.41, 5.74) is 2.02. The molecule has 0 spiro atoms. The standard InChI is InChI=1S/C21H22N2O3/c1-21(20(24)25)8-9-23(15-21)13-17-5-3-7-19(11-17)26-14-18-6-2-4-16(10-18)12-22/h2-7,10-11H,8-9,13-15H2,1H3,(H,24,25). The number of carboxylic acid groups (broad SMARTS) is 1. The highest BCUT2D eigenvalue weighted by molar-refractivity contribution is 5.74. The first-order valence-electron chi connectivity index (χ1n) is 8.65. The molecule has 5 heteroatoms. The van der Waals surface area contributed by atoms with E-state index in [0.717, 1.165) is 23.4 Å². The Balaban J connectivity index is 1.60. The van der Waals surface area contributed by atoms with E-state index in [4.69, 9.17) is 10.00 Å². The number of ether oxygens (including phenoxy) is 1. The number of aliphatic carboxylic acids is 1. The third kappa shape index (κ3) is 4.22. The van der Waals surface area contributed by atoms with Gasteiger partial charge in [0.25, 0.3) is 0 Å². The largest absolute Gasteiger partial charge is 0.489 e. The highest BCUT2D eigenvalue weighted by Crippen LogP contribution is 2.31. The minimum Gasteiger partial charge on any atom is -0.489 e. The average Bonchev–Trinajstić information content (AvgIpc) is 3.03. The van der Waals surface area contributed by atoms with Gasteiger partial charge in [0.05, 0.1) is 17.0 Å². The zero-order valence-electron chi connectivity index (χ0n) is 14.8. The Kier molecular flexibility index (Phi) is 5.24. The first-order valence-corrected chi connectivity index (χ1v) is 8.65. The van der Waals surface area contributed by atoms with Gasteiger partial charge in [-0.1, -0.05) is 24.3 Å². The molecule has 134 valence electrons. The van der Waals surface area contributed by atoms with Gasteiger partial charge >= 0.3 is 5.97 Å². The van der Waals surface area contributed by atoms with Crippen molar-refractivity contribution in [3.05, 3.63) is 65.2 Å². The molecule has 1 saturated heterocycles. The van der Waals surface area contributed by atoms with Crippen LogP contribution < -0.4 is 4.74 Å². The molecule has 2 aromatic carbocycles. The molecule has 26 heavy (non-hydrogen) atoms. The van der Waals surface area contributed by atoms with E-state index in [0.29, 0.717) is 31.7 Å². The summed E-state index contributed by atoms with van der Waals surface area (Å²) < 4.78 is 5.85. The molecule has 1 heterocycles. The van der Waals surface area contributed by atoms with Gasteiger partial charge in [-0.2, -0.15) is 5.26 Å². The van der Waals surface area contributed by atoms with Crippen LogP contribution in [0.15, 0.2) is 48.5 Å². The molecule has 3 rings (SSSR count). The third-order valence-corrected chi connectivity index (χ3v) is 4.83. The van der Waals surface area contributed by atoms with Crippen LogP contribution in [-0.2, 0) is 17.9 Å². The number of rotatable bonds is 6. The van der Waals surface area contributed by atoms with Gasteiger partial charge in [-0.25, -0.2) is 0 Å². The van der Waals surface area contributed by atoms with E-state index in [1.165, 1.54) is 0 Å². The summed E-state index contributed by atoms with van der Waals surface area (Å²) >= 11 is 0. The van der Waals surface area contributed by atoms with E-state index in [-0.39, 0.29) is 0 Å². The van der Waals surface area contributed by atoms with Crippen LogP contribution in [0.25, 0.3) is 0 Å². The van der Waals surface area contributed by atoms with Gasteiger partial charge in [0.2, 0.25) is 0 Å². The number of likely N-dealkylation sites (tertiary alicyclic amines) is 1. The van der Waals surface area contributed by atoms with E-state index >= 15 is 0 Å². The van der Waals surface area contributed by atoms with Gasteiger partial charge in [-0.15, -0.1) is 0 Å². The van der Waals surface area contributed by atoms with Crippen molar-refractivity contribution in [2.45, 2.75) is 26.5 Å². The second-order valence-corrected chi connectivity index (χ2v) is 7.07. The fraction of sp³-hybridized carbons (Fsp3) is 0.333. The predicted octanol–water partition coefficient (Wildman–Crippen LogP) is 3.43. The highest BCUT2D eigenvalue weighted by Gasteiger charge is 2.40. The van der Waals surface area contributed by atoms with Gasteiger partial charge < -0.3 is 9.84 Å². The van der Waals surface area contributed by atoms with Crippen molar-refractivity contribution < 1.29 is 14.6 Å². The van der Waals surface area contributed by atoms with Crippen molar-refractivity contribution in [2.24, 2.45) is 5.41 Å². The van der Waals surface area contributed by atoms with E-state index < -0.39 is 11.4 Å². The molecule has 1 atom stereocenters. The molecule has 0 bridgehead atoms. The Morgan fingerprint density at radius 3 is 2.77 bits per heavy atom. The zero-order valence-corrected chi connectivity index (χ0v) is 14.8. The van der Waals surface area contributed by atoms with Crippen LogP contribution >= 0.6 is 0 Å². The van der Waals surface area contributed by atoms with Gasteiger partial charge in [-0.3, -0.25) is 9.69 Å². The third-order valence-electron chi connectivity index (χ3n) is 4.83. The minimum atomic E-state index is -0.725. The molecule has 1 aliphatic heterocycles. The van der Waals surface area contributed by atoms with Gasteiger partial charge in [0, 0.05) is 13.1 Å². The Hall–Kier alpha value is -2.84. The lowest BCUT2D eigenvalue weighted by molar-refractivity contribution is -0.147. The second kappa shape index (κ2) is 7.59. The summed E-state index contributed by atoms with van der Waals surface area (Å²) in [6.45, 7) is 4.27. The lowest BCUT2D eigenvalue weighted by Gasteiger charge is -2.20. The summed E-state index contributed by atoms with van der Waals surface area (Å²) in [4.78, 5) is 13.5. The van der Waals surface area contributed by atoms with E-state index in [1.54, 1.807) is 6.07 Å². The minimum absolute atomic E-state index is 0.403. The normalized spacial score (nSPS) is 19.8. The maximum atomic E-state index is 11.4. The Morgan fingerprint density at radius 2 is 2.04 bits per heavy atom. The van der Waals surface area contributed by atoms with Crippen molar-refractivity contribution in [1.82, 2.24) is 4.90 Å². The van der Waals surface area contributed by atoms with E-state index in [2.05, 4.69) is 11.0 Å². The average molecular weight is 350 g/mol. The Labute approximate surface area is 153 Å². The molecule has 0 amide bonds. The molecular formula is C21H22N2O3. The van der Waals surface area contributed by atoms with Crippen LogP contribution in [0.2, 0.25) is 0 Å². The fourth-order valence-corrected chi connectivity index (χ4v) is 3.26. The predicted molar refractivity (Wildman–Crippen MR) is 97.6 cm³/mol. The number of nitrogens with zero attached hydrogens (tertiary/aromatic N) is 2. The molecule has 1 unspecified atom stereocenters. The van der Waals surface area contributed by atoms with Crippen LogP contribution in [0.1, 0.15) is 30.0 Å². The quantitative estimate of drug-likeness (QED) is 0.864. The van der Waals surface area contributed by atoms with Crippen molar-refractivity contribution in [1.29, 1.82) is 5.26 Å². The molecule has 0 radical (unpaired) electrons. The monoisotopic (exact) mass is 350 g/mol. The number of hydrogen-bond acceptors (Lipinski definition) is 4. The first kappa shape index (κ1) is 18.0. The van der Waals surface area contributed by atoms with Crippen LogP contribution in [0, 0.1) is 16.7 Å². The summed E-state index contributed by atoms with van der Waals surface area (Å²) in [6.07, 6.45) is 0.674. The molecule has 0 aromatic heterocycles. The lowest BCUT2D eigenvalue weighted by Crippen LogP contribution is -2.31. The first-order chi connectivity index (χ1) is 12.5. The Bertz CT molecular complexity index is 843. The number of nitriles is 1. The van der Waals surface area contributed by atoms with Crippen molar-refractivity contribution >= 4 is 5.97 Å². The summed E-state index contributed by atoms with van der Waals surface area (Å²) in [5.74, 6) is 0.0433. The summed E-state index contributed by atoms with van der Waals surface area (Å²) in [5, 5.41) is 18.3. The SMILES string of the molecule is CC1(C(=O)O)CCN(Cc2cccc(OCc3cccc(C#N)c3)c2)C1. The lowest BCUT2D eigenvalue weighted by atomic mass is 9.90. The molecule has 0 aliphatic carbocycles. The number of hydrogen-bond donors (Lipinski definition) is 1. The van der Waals surface area contributed by atoms with Crippen LogP contribution in [-0.4, -0.2) is 29.1 Å². The fourth-order valence-electron chi connectivity index (χ4n) is 3.26. The topological polar surface area (TPSA) is 73.6 Å². The maximum Gasteiger partial charge on any atom is 0.310 e. The number of benzene rings is 2. The molecule has 0 saturated carbocycles. The summed E-state index contributed by atoms with van der Waals surface area (Å²) in [7, 11) is 0. The van der Waals surface area contributed by atoms with Crippen molar-refractivity contribution in [3.8, 4) is 11.8 Å². The molecule has 2 aromatic rings. The highest BCUT2D eigenvalue weighted by atomic mass is 16.5. The van der Waals surface area contributed by atoms with Gasteiger partial charge in [0.1, 0.15) is 12.4 Å². The summed E-state index contributed by atoms with van der Waals surface area (Å²) in [6, 6.07) is 17.4. The van der Waals surface area contributed by atoms with Crippen molar-refractivity contribution in [3.63, 3.8) is 0 Å². The Morgan fingerprint density at radius 1 is 1.27 bits per heavy atom. The van der Waals surface area contributed by atoms with Crippen LogP contribution in [0.3, 0.4) is 0 Å². The molecular weight excluding hydrogens is 328 g/mol. The van der Waals surface area contributed by atoms with Crippen LogP contribution in [0.4, 0.5) is 0 Å². The van der Waals surface area contributed by atoms with Crippen molar-refractivity contribution in [2.75, 3.05) is 13.1 Å². The molecule has 1 N–H and O–H groups in total. The number of carbonyl (C=O) groups is 1. The maximum absolute atomic E-state index is 11.4. The smallest absolute Gasteiger partial charge is 0.310 e. The second-order valence-electron chi connectivity index (χ2n) is 7.07. The van der Waals surface area contributed by atoms with E-state index in [9.17, 15) is 9.90 Å².